The molecule has 2 aliphatic rings. The molecule has 70 valence electrons. The van der Waals surface area contributed by atoms with Crippen molar-refractivity contribution in [2.75, 3.05) is 13.2 Å². The second kappa shape index (κ2) is 3.75. The Hall–Kier alpha value is -0.0800. The van der Waals surface area contributed by atoms with Crippen molar-refractivity contribution in [3.8, 4) is 0 Å². The molecule has 0 bridgehead atoms. The summed E-state index contributed by atoms with van der Waals surface area (Å²) in [5.41, 5.74) is 0. The average Bonchev–Trinajstić information content (AvgIpc) is 2.46. The van der Waals surface area contributed by atoms with Gasteiger partial charge in [-0.1, -0.05) is 13.3 Å². The quantitative estimate of drug-likeness (QED) is 0.643. The first-order valence-corrected chi connectivity index (χ1v) is 5.25. The van der Waals surface area contributed by atoms with Gasteiger partial charge in [-0.25, -0.2) is 0 Å². The molecule has 0 spiro atoms. The molecule has 0 amide bonds. The zero-order chi connectivity index (χ0) is 8.39. The minimum atomic E-state index is 0.468. The fourth-order valence-electron chi connectivity index (χ4n) is 2.37. The van der Waals surface area contributed by atoms with Crippen LogP contribution in [0, 0.1) is 5.92 Å². The van der Waals surface area contributed by atoms with Gasteiger partial charge in [-0.15, -0.1) is 0 Å². The molecule has 2 fully saturated rings. The summed E-state index contributed by atoms with van der Waals surface area (Å²) in [6, 6.07) is 0.765. The summed E-state index contributed by atoms with van der Waals surface area (Å²) in [6.45, 7) is 4.27. The minimum absolute atomic E-state index is 0.468. The van der Waals surface area contributed by atoms with Gasteiger partial charge in [-0.05, 0) is 25.2 Å². The summed E-state index contributed by atoms with van der Waals surface area (Å²) in [6.07, 6.45) is 5.74. The number of hydrogen-bond acceptors (Lipinski definition) is 2. The van der Waals surface area contributed by atoms with Crippen LogP contribution in [-0.4, -0.2) is 25.3 Å². The highest BCUT2D eigenvalue weighted by Gasteiger charge is 2.30. The van der Waals surface area contributed by atoms with Gasteiger partial charge in [0.15, 0.2) is 0 Å². The van der Waals surface area contributed by atoms with Crippen molar-refractivity contribution in [1.82, 2.24) is 5.32 Å². The van der Waals surface area contributed by atoms with Crippen LogP contribution in [0.3, 0.4) is 0 Å². The number of nitrogens with one attached hydrogen (secondary N) is 1. The van der Waals surface area contributed by atoms with Gasteiger partial charge in [-0.3, -0.25) is 0 Å². The lowest BCUT2D eigenvalue weighted by Gasteiger charge is -2.14. The lowest BCUT2D eigenvalue weighted by atomic mass is 10.1. The molecule has 0 aromatic carbocycles. The first-order chi connectivity index (χ1) is 5.90. The molecule has 1 aliphatic carbocycles. The Labute approximate surface area is 74.7 Å². The Morgan fingerprint density at radius 1 is 1.42 bits per heavy atom. The molecule has 0 radical (unpaired) electrons. The lowest BCUT2D eigenvalue weighted by molar-refractivity contribution is 0.0459. The largest absolute Gasteiger partial charge is 0.377 e. The molecular formula is C10H19NO. The van der Waals surface area contributed by atoms with Crippen LogP contribution in [0.5, 0.6) is 0 Å². The third-order valence-corrected chi connectivity index (χ3v) is 3.27. The van der Waals surface area contributed by atoms with E-state index in [1.165, 1.54) is 19.3 Å². The van der Waals surface area contributed by atoms with Crippen LogP contribution < -0.4 is 5.32 Å². The van der Waals surface area contributed by atoms with Crippen LogP contribution >= 0.6 is 0 Å². The monoisotopic (exact) mass is 169 g/mol. The maximum atomic E-state index is 5.80. The number of hydrogen-bond donors (Lipinski definition) is 1. The third-order valence-electron chi connectivity index (χ3n) is 3.27. The van der Waals surface area contributed by atoms with Gasteiger partial charge in [0.05, 0.1) is 12.7 Å². The van der Waals surface area contributed by atoms with E-state index in [1.807, 2.05) is 0 Å². The normalized spacial score (nSPS) is 42.2. The SMILES string of the molecule is CCC1CNC2CCCC2CO1. The van der Waals surface area contributed by atoms with Gasteiger partial charge in [0, 0.05) is 12.6 Å². The number of fused-ring (bicyclic) bond motifs is 1. The standard InChI is InChI=1S/C10H19NO/c1-2-9-6-11-10-5-3-4-8(10)7-12-9/h8-11H,2-7H2,1H3. The van der Waals surface area contributed by atoms with Crippen LogP contribution in [0.15, 0.2) is 0 Å². The molecular weight excluding hydrogens is 150 g/mol. The first kappa shape index (κ1) is 8.52. The van der Waals surface area contributed by atoms with Gasteiger partial charge in [0.2, 0.25) is 0 Å². The van der Waals surface area contributed by atoms with Crippen LogP contribution in [0.4, 0.5) is 0 Å². The number of rotatable bonds is 1. The van der Waals surface area contributed by atoms with Crippen molar-refractivity contribution in [3.05, 3.63) is 0 Å². The van der Waals surface area contributed by atoms with E-state index in [4.69, 9.17) is 4.74 Å². The van der Waals surface area contributed by atoms with Crippen molar-refractivity contribution in [1.29, 1.82) is 0 Å². The summed E-state index contributed by atoms with van der Waals surface area (Å²) in [5, 5.41) is 3.62. The lowest BCUT2D eigenvalue weighted by Crippen LogP contribution is -2.34. The van der Waals surface area contributed by atoms with Gasteiger partial charge < -0.3 is 10.1 Å². The summed E-state index contributed by atoms with van der Waals surface area (Å²) in [4.78, 5) is 0. The van der Waals surface area contributed by atoms with E-state index < -0.39 is 0 Å². The molecule has 1 saturated heterocycles. The second-order valence-corrected chi connectivity index (χ2v) is 4.07. The zero-order valence-corrected chi connectivity index (χ0v) is 7.88. The van der Waals surface area contributed by atoms with E-state index in [0.29, 0.717) is 6.10 Å². The third kappa shape index (κ3) is 1.64. The molecule has 3 unspecified atom stereocenters. The highest BCUT2D eigenvalue weighted by Crippen LogP contribution is 2.27. The maximum Gasteiger partial charge on any atom is 0.0697 e. The van der Waals surface area contributed by atoms with E-state index in [-0.39, 0.29) is 0 Å². The molecule has 1 aliphatic heterocycles. The van der Waals surface area contributed by atoms with E-state index >= 15 is 0 Å². The maximum absolute atomic E-state index is 5.80. The zero-order valence-electron chi connectivity index (χ0n) is 7.88. The Balaban J connectivity index is 1.90. The van der Waals surface area contributed by atoms with E-state index in [9.17, 15) is 0 Å². The molecule has 0 aromatic heterocycles. The predicted molar refractivity (Wildman–Crippen MR) is 49.2 cm³/mol. The molecule has 1 saturated carbocycles. The highest BCUT2D eigenvalue weighted by molar-refractivity contribution is 4.86. The molecule has 2 rings (SSSR count). The smallest absolute Gasteiger partial charge is 0.0697 e. The van der Waals surface area contributed by atoms with Crippen LogP contribution in [-0.2, 0) is 4.74 Å². The number of ether oxygens (including phenoxy) is 1. The Morgan fingerprint density at radius 3 is 3.17 bits per heavy atom. The Morgan fingerprint density at radius 2 is 2.33 bits per heavy atom. The van der Waals surface area contributed by atoms with E-state index in [0.717, 1.165) is 31.5 Å². The fourth-order valence-corrected chi connectivity index (χ4v) is 2.37. The van der Waals surface area contributed by atoms with Crippen molar-refractivity contribution < 1.29 is 4.74 Å². The summed E-state index contributed by atoms with van der Waals surface area (Å²) in [7, 11) is 0. The topological polar surface area (TPSA) is 21.3 Å². The Bertz CT molecular complexity index is 135. The van der Waals surface area contributed by atoms with Crippen molar-refractivity contribution in [2.45, 2.75) is 44.8 Å². The predicted octanol–water partition coefficient (Wildman–Crippen LogP) is 1.55. The van der Waals surface area contributed by atoms with Gasteiger partial charge in [0.1, 0.15) is 0 Å². The molecule has 2 nitrogen and oxygen atoms in total. The van der Waals surface area contributed by atoms with Crippen molar-refractivity contribution in [3.63, 3.8) is 0 Å². The van der Waals surface area contributed by atoms with Crippen molar-refractivity contribution in [2.24, 2.45) is 5.92 Å². The van der Waals surface area contributed by atoms with Crippen molar-refractivity contribution >= 4 is 0 Å². The molecule has 1 heterocycles. The summed E-state index contributed by atoms with van der Waals surface area (Å²) < 4.78 is 5.80. The summed E-state index contributed by atoms with van der Waals surface area (Å²) in [5.74, 6) is 0.807. The first-order valence-electron chi connectivity index (χ1n) is 5.25. The molecule has 2 heteroatoms. The molecule has 1 N–H and O–H groups in total. The minimum Gasteiger partial charge on any atom is -0.377 e. The van der Waals surface area contributed by atoms with Gasteiger partial charge >= 0.3 is 0 Å². The van der Waals surface area contributed by atoms with Gasteiger partial charge in [0.25, 0.3) is 0 Å². The molecule has 12 heavy (non-hydrogen) atoms. The van der Waals surface area contributed by atoms with E-state index in [1.54, 1.807) is 0 Å². The van der Waals surface area contributed by atoms with Crippen LogP contribution in [0.1, 0.15) is 32.6 Å². The van der Waals surface area contributed by atoms with Crippen LogP contribution in [0.25, 0.3) is 0 Å². The molecule has 0 aromatic rings. The van der Waals surface area contributed by atoms with Crippen LogP contribution in [0.2, 0.25) is 0 Å². The second-order valence-electron chi connectivity index (χ2n) is 4.07. The summed E-state index contributed by atoms with van der Waals surface area (Å²) >= 11 is 0. The molecule has 3 atom stereocenters. The van der Waals surface area contributed by atoms with Gasteiger partial charge in [-0.2, -0.15) is 0 Å². The highest BCUT2D eigenvalue weighted by atomic mass is 16.5. The van der Waals surface area contributed by atoms with E-state index in [2.05, 4.69) is 12.2 Å². The Kier molecular flexibility index (Phi) is 2.66. The fraction of sp³-hybridized carbons (Fsp3) is 1.00. The average molecular weight is 169 g/mol.